The first-order valence-electron chi connectivity index (χ1n) is 6.22. The van der Waals surface area contributed by atoms with E-state index in [4.69, 9.17) is 0 Å². The van der Waals surface area contributed by atoms with Crippen LogP contribution in [-0.2, 0) is 10.0 Å². The van der Waals surface area contributed by atoms with Crippen LogP contribution in [0.4, 0.5) is 0 Å². The molecule has 0 aliphatic carbocycles. The van der Waals surface area contributed by atoms with Gasteiger partial charge in [0.2, 0.25) is 0 Å². The van der Waals surface area contributed by atoms with Crippen molar-refractivity contribution >= 4 is 10.0 Å². The molecule has 0 fully saturated rings. The third-order valence-electron chi connectivity index (χ3n) is 3.11. The summed E-state index contributed by atoms with van der Waals surface area (Å²) < 4.78 is 25.7. The van der Waals surface area contributed by atoms with E-state index in [9.17, 15) is 18.3 Å². The zero-order valence-corrected chi connectivity index (χ0v) is 12.2. The number of aryl methyl sites for hydroxylation is 1. The number of aromatic nitrogens is 1. The van der Waals surface area contributed by atoms with Crippen LogP contribution in [0.25, 0.3) is 0 Å². The Bertz CT molecular complexity index is 819. The van der Waals surface area contributed by atoms with Crippen molar-refractivity contribution in [2.45, 2.75) is 12.2 Å². The molecule has 1 unspecified atom stereocenters. The highest BCUT2D eigenvalue weighted by atomic mass is 32.2. The molecule has 5 nitrogen and oxygen atoms in total. The van der Waals surface area contributed by atoms with Gasteiger partial charge in [-0.05, 0) is 24.6 Å². The van der Waals surface area contributed by atoms with E-state index >= 15 is 0 Å². The van der Waals surface area contributed by atoms with Crippen molar-refractivity contribution < 1.29 is 13.5 Å². The molecule has 0 aliphatic rings. The van der Waals surface area contributed by atoms with E-state index in [1.54, 1.807) is 24.3 Å². The molecule has 0 saturated carbocycles. The zero-order chi connectivity index (χ0) is 15.6. The minimum absolute atomic E-state index is 0.505. The van der Waals surface area contributed by atoms with Crippen LogP contribution >= 0.6 is 0 Å². The summed E-state index contributed by atoms with van der Waals surface area (Å²) in [6.45, 7) is 5.44. The maximum absolute atomic E-state index is 12.6. The summed E-state index contributed by atoms with van der Waals surface area (Å²) in [5.74, 6) is -0.618. The van der Waals surface area contributed by atoms with Crippen molar-refractivity contribution in [3.63, 3.8) is 0 Å². The van der Waals surface area contributed by atoms with E-state index in [2.05, 4.69) is 6.58 Å². The van der Waals surface area contributed by atoms with Gasteiger partial charge in [0.15, 0.2) is 5.75 Å². The fourth-order valence-corrected chi connectivity index (χ4v) is 3.53. The van der Waals surface area contributed by atoms with E-state index in [1.165, 1.54) is 12.1 Å². The van der Waals surface area contributed by atoms with Gasteiger partial charge in [-0.15, -0.1) is 6.58 Å². The lowest BCUT2D eigenvalue weighted by Gasteiger charge is -2.16. The molecule has 2 rings (SSSR count). The number of hydrogen-bond donors (Lipinski definition) is 1. The molecule has 1 heterocycles. The van der Waals surface area contributed by atoms with E-state index < -0.39 is 26.6 Å². The highest BCUT2D eigenvalue weighted by molar-refractivity contribution is 7.90. The molecule has 0 amide bonds. The van der Waals surface area contributed by atoms with Gasteiger partial charge in [0.1, 0.15) is 5.25 Å². The smallest absolute Gasteiger partial charge is 0.306 e. The second kappa shape index (κ2) is 5.57. The molecule has 21 heavy (non-hydrogen) atoms. The van der Waals surface area contributed by atoms with E-state index in [0.29, 0.717) is 9.54 Å². The summed E-state index contributed by atoms with van der Waals surface area (Å²) in [5.41, 5.74) is 0.524. The third kappa shape index (κ3) is 2.75. The number of rotatable bonds is 4. The second-order valence-corrected chi connectivity index (χ2v) is 6.54. The predicted molar refractivity (Wildman–Crippen MR) is 80.8 cm³/mol. The molecule has 2 aromatic rings. The Hall–Kier alpha value is -2.34. The summed E-state index contributed by atoms with van der Waals surface area (Å²) in [6.07, 6.45) is 2.37. The van der Waals surface area contributed by atoms with Gasteiger partial charge < -0.3 is 5.11 Å². The van der Waals surface area contributed by atoms with Gasteiger partial charge in [0.05, 0.1) is 0 Å². The third-order valence-corrected chi connectivity index (χ3v) is 5.05. The van der Waals surface area contributed by atoms with Gasteiger partial charge in [-0.3, -0.25) is 4.79 Å². The topological polar surface area (TPSA) is 76.4 Å². The van der Waals surface area contributed by atoms with Crippen LogP contribution in [0.5, 0.6) is 5.75 Å². The van der Waals surface area contributed by atoms with Crippen LogP contribution in [0, 0.1) is 6.92 Å². The molecule has 1 atom stereocenters. The monoisotopic (exact) mass is 305 g/mol. The molecule has 0 saturated heterocycles. The Morgan fingerprint density at radius 2 is 1.86 bits per heavy atom. The quantitative estimate of drug-likeness (QED) is 0.876. The molecule has 0 bridgehead atoms. The van der Waals surface area contributed by atoms with Gasteiger partial charge in [0, 0.05) is 6.20 Å². The SMILES string of the molecule is C=CC(c1ccc(C)cc1)S(=O)(=O)n1cccc(O)c1=O. The van der Waals surface area contributed by atoms with E-state index in [1.807, 2.05) is 6.92 Å². The minimum atomic E-state index is -4.04. The maximum atomic E-state index is 12.6. The molecule has 110 valence electrons. The first-order valence-corrected chi connectivity index (χ1v) is 7.72. The Morgan fingerprint density at radius 1 is 1.24 bits per heavy atom. The van der Waals surface area contributed by atoms with E-state index in [0.717, 1.165) is 17.8 Å². The molecule has 6 heteroatoms. The van der Waals surface area contributed by atoms with Gasteiger partial charge in [-0.25, -0.2) is 12.4 Å². The fourth-order valence-electron chi connectivity index (χ4n) is 1.97. The van der Waals surface area contributed by atoms with Crippen LogP contribution in [0.1, 0.15) is 16.4 Å². The van der Waals surface area contributed by atoms with E-state index in [-0.39, 0.29) is 0 Å². The maximum Gasteiger partial charge on any atom is 0.306 e. The lowest BCUT2D eigenvalue weighted by Crippen LogP contribution is -2.29. The number of pyridine rings is 1. The fraction of sp³-hybridized carbons (Fsp3) is 0.133. The molecule has 1 aromatic carbocycles. The van der Waals surface area contributed by atoms with Crippen molar-refractivity contribution in [1.82, 2.24) is 3.97 Å². The minimum Gasteiger partial charge on any atom is -0.503 e. The van der Waals surface area contributed by atoms with Crippen LogP contribution in [0.3, 0.4) is 0 Å². The first kappa shape index (κ1) is 15.1. The standard InChI is InChI=1S/C15H15NO4S/c1-3-14(12-8-6-11(2)7-9-12)21(19,20)16-10-4-5-13(17)15(16)18/h3-10,14,17H,1H2,2H3. The average Bonchev–Trinajstić information content (AvgIpc) is 2.44. The van der Waals surface area contributed by atoms with Crippen molar-refractivity contribution in [2.75, 3.05) is 0 Å². The largest absolute Gasteiger partial charge is 0.503 e. The molecular weight excluding hydrogens is 290 g/mol. The van der Waals surface area contributed by atoms with Crippen LogP contribution in [0.15, 0.2) is 60.0 Å². The average molecular weight is 305 g/mol. The number of aromatic hydroxyl groups is 1. The van der Waals surface area contributed by atoms with Crippen molar-refractivity contribution in [3.8, 4) is 5.75 Å². The number of hydrogen-bond acceptors (Lipinski definition) is 4. The molecule has 1 aromatic heterocycles. The molecule has 1 N–H and O–H groups in total. The van der Waals surface area contributed by atoms with Crippen LogP contribution < -0.4 is 5.56 Å². The van der Waals surface area contributed by atoms with Gasteiger partial charge >= 0.3 is 5.56 Å². The predicted octanol–water partition coefficient (Wildman–Crippen LogP) is 1.97. The van der Waals surface area contributed by atoms with Crippen molar-refractivity contribution in [2.24, 2.45) is 0 Å². The van der Waals surface area contributed by atoms with Gasteiger partial charge in [-0.1, -0.05) is 35.9 Å². The molecular formula is C15H15NO4S. The normalized spacial score (nSPS) is 12.8. The summed E-state index contributed by atoms with van der Waals surface area (Å²) in [6, 6.07) is 9.35. The first-order chi connectivity index (χ1) is 9.87. The Balaban J connectivity index is 2.60. The van der Waals surface area contributed by atoms with Crippen LogP contribution in [-0.4, -0.2) is 17.5 Å². The van der Waals surface area contributed by atoms with Gasteiger partial charge in [-0.2, -0.15) is 0 Å². The summed E-state index contributed by atoms with van der Waals surface area (Å²) >= 11 is 0. The second-order valence-electron chi connectivity index (χ2n) is 4.61. The zero-order valence-electron chi connectivity index (χ0n) is 11.4. The van der Waals surface area contributed by atoms with Crippen molar-refractivity contribution in [3.05, 3.63) is 76.7 Å². The van der Waals surface area contributed by atoms with Crippen molar-refractivity contribution in [1.29, 1.82) is 0 Å². The lowest BCUT2D eigenvalue weighted by atomic mass is 10.1. The summed E-state index contributed by atoms with van der Waals surface area (Å²) in [5, 5.41) is 8.33. The Morgan fingerprint density at radius 3 is 2.43 bits per heavy atom. The van der Waals surface area contributed by atoms with Crippen LogP contribution in [0.2, 0.25) is 0 Å². The highest BCUT2D eigenvalue weighted by Gasteiger charge is 2.27. The number of benzene rings is 1. The Kier molecular flexibility index (Phi) is 3.99. The Labute approximate surface area is 122 Å². The summed E-state index contributed by atoms with van der Waals surface area (Å²) in [7, 11) is -4.04. The number of nitrogens with zero attached hydrogens (tertiary/aromatic N) is 1. The molecule has 0 spiro atoms. The lowest BCUT2D eigenvalue weighted by molar-refractivity contribution is 0.463. The molecule has 0 aliphatic heterocycles. The highest BCUT2D eigenvalue weighted by Crippen LogP contribution is 2.25. The summed E-state index contributed by atoms with van der Waals surface area (Å²) in [4.78, 5) is 11.8. The molecule has 0 radical (unpaired) electrons. The van der Waals surface area contributed by atoms with Gasteiger partial charge in [0.25, 0.3) is 10.0 Å².